The molecule has 1 unspecified atom stereocenters. The van der Waals surface area contributed by atoms with Crippen LogP contribution in [0.15, 0.2) is 30.5 Å². The van der Waals surface area contributed by atoms with Gasteiger partial charge in [0.15, 0.2) is 5.13 Å². The first-order chi connectivity index (χ1) is 16.8. The number of thiazole rings is 1. The summed E-state index contributed by atoms with van der Waals surface area (Å²) in [5.41, 5.74) is 5.32. The quantitative estimate of drug-likeness (QED) is 0.452. The van der Waals surface area contributed by atoms with E-state index in [0.717, 1.165) is 19.2 Å². The minimum absolute atomic E-state index is 0.0262. The molecule has 3 heterocycles. The summed E-state index contributed by atoms with van der Waals surface area (Å²) >= 11 is 1.22. The maximum atomic E-state index is 15.8. The summed E-state index contributed by atoms with van der Waals surface area (Å²) in [4.78, 5) is 17.3. The molecule has 0 aliphatic carbocycles. The molecule has 15 heteroatoms. The first-order valence-electron chi connectivity index (χ1n) is 10.7. The van der Waals surface area contributed by atoms with Crippen LogP contribution < -0.4 is 15.8 Å². The van der Waals surface area contributed by atoms with Crippen LogP contribution in [0, 0.1) is 5.82 Å². The largest absolute Gasteiger partial charge is 0.390 e. The van der Waals surface area contributed by atoms with Crippen LogP contribution in [-0.4, -0.2) is 67.7 Å². The molecule has 1 aliphatic heterocycles. The molecule has 0 bridgehead atoms. The van der Waals surface area contributed by atoms with Crippen molar-refractivity contribution < 1.29 is 26.0 Å². The number of halogens is 4. The fourth-order valence-electron chi connectivity index (χ4n) is 3.89. The molecule has 1 fully saturated rings. The van der Waals surface area contributed by atoms with Gasteiger partial charge >= 0.3 is 6.18 Å². The highest BCUT2D eigenvalue weighted by molar-refractivity contribution is 7.89. The van der Waals surface area contributed by atoms with Gasteiger partial charge in [0, 0.05) is 43.5 Å². The minimum Gasteiger partial charge on any atom is -0.368 e. The van der Waals surface area contributed by atoms with Crippen molar-refractivity contribution >= 4 is 32.4 Å². The van der Waals surface area contributed by atoms with Gasteiger partial charge in [0.25, 0.3) is 0 Å². The van der Waals surface area contributed by atoms with E-state index < -0.39 is 39.3 Å². The zero-order valence-corrected chi connectivity index (χ0v) is 20.7. The number of likely N-dealkylation sites (N-methyl/N-ethyl adjacent to an activating group) is 1. The van der Waals surface area contributed by atoms with Gasteiger partial charge in [-0.05, 0) is 19.2 Å². The van der Waals surface area contributed by atoms with Crippen molar-refractivity contribution in [3.05, 3.63) is 41.8 Å². The minimum atomic E-state index is -4.89. The lowest BCUT2D eigenvalue weighted by atomic mass is 10.0. The van der Waals surface area contributed by atoms with E-state index in [-0.39, 0.29) is 17.2 Å². The Balaban J connectivity index is 1.87. The number of piperazine rings is 1. The van der Waals surface area contributed by atoms with E-state index in [1.807, 2.05) is 11.9 Å². The van der Waals surface area contributed by atoms with Gasteiger partial charge in [-0.1, -0.05) is 23.5 Å². The molecule has 1 aromatic carbocycles. The molecule has 194 valence electrons. The molecule has 1 atom stereocenters. The number of nitrogen functional groups attached to an aromatic ring is 1. The van der Waals surface area contributed by atoms with Crippen LogP contribution in [0.3, 0.4) is 0 Å². The van der Waals surface area contributed by atoms with Crippen molar-refractivity contribution in [1.29, 1.82) is 0 Å². The lowest BCUT2D eigenvalue weighted by molar-refractivity contribution is -0.135. The Bertz CT molecular complexity index is 1360. The topological polar surface area (TPSA) is 131 Å². The highest BCUT2D eigenvalue weighted by Crippen LogP contribution is 2.43. The van der Waals surface area contributed by atoms with E-state index in [1.165, 1.54) is 29.7 Å². The van der Waals surface area contributed by atoms with Crippen molar-refractivity contribution in [1.82, 2.24) is 19.9 Å². The third-order valence-corrected chi connectivity index (χ3v) is 8.09. The smallest absolute Gasteiger partial charge is 0.368 e. The molecule has 9 nitrogen and oxygen atoms in total. The second-order valence-electron chi connectivity index (χ2n) is 8.37. The van der Waals surface area contributed by atoms with Crippen molar-refractivity contribution in [2.75, 3.05) is 43.9 Å². The number of nitrogens with zero attached hydrogens (tertiary/aromatic N) is 5. The molecule has 0 spiro atoms. The first kappa shape index (κ1) is 26.2. The third-order valence-electron chi connectivity index (χ3n) is 5.74. The summed E-state index contributed by atoms with van der Waals surface area (Å²) in [5.74, 6) is -1.18. The molecule has 3 aromatic rings. The fourth-order valence-corrected chi connectivity index (χ4v) is 5.95. The summed E-state index contributed by atoms with van der Waals surface area (Å²) in [6.07, 6.45) is -5.30. The third kappa shape index (κ3) is 5.74. The number of benzene rings is 1. The number of hydrogen-bond acceptors (Lipinski definition) is 9. The van der Waals surface area contributed by atoms with E-state index in [4.69, 9.17) is 10.9 Å². The van der Waals surface area contributed by atoms with Gasteiger partial charge in [0.05, 0.1) is 22.7 Å². The van der Waals surface area contributed by atoms with Gasteiger partial charge in [-0.15, -0.1) is 0 Å². The van der Waals surface area contributed by atoms with Gasteiger partial charge in [-0.2, -0.15) is 13.2 Å². The lowest BCUT2D eigenvalue weighted by Gasteiger charge is -2.32. The predicted molar refractivity (Wildman–Crippen MR) is 129 cm³/mol. The summed E-state index contributed by atoms with van der Waals surface area (Å²) in [7, 11) is -2.80. The number of alkyl halides is 3. The molecular weight excluding hydrogens is 522 g/mol. The molecular formula is C21H23F4N7O2S2. The molecule has 1 saturated heterocycles. The highest BCUT2D eigenvalue weighted by atomic mass is 32.2. The van der Waals surface area contributed by atoms with Crippen LogP contribution >= 0.6 is 11.3 Å². The molecule has 0 saturated carbocycles. The molecule has 0 amide bonds. The number of rotatable bonds is 6. The number of sulfonamides is 1. The van der Waals surface area contributed by atoms with Crippen LogP contribution in [0.2, 0.25) is 0 Å². The highest BCUT2D eigenvalue weighted by Gasteiger charge is 2.40. The average Bonchev–Trinajstić information content (AvgIpc) is 3.22. The van der Waals surface area contributed by atoms with Gasteiger partial charge in [-0.25, -0.2) is 32.9 Å². The van der Waals surface area contributed by atoms with Crippen LogP contribution in [-0.2, 0) is 10.0 Å². The van der Waals surface area contributed by atoms with Gasteiger partial charge in [-0.3, -0.25) is 0 Å². The van der Waals surface area contributed by atoms with E-state index in [0.29, 0.717) is 28.8 Å². The normalized spacial score (nSPS) is 16.3. The van der Waals surface area contributed by atoms with Crippen molar-refractivity contribution in [2.24, 2.45) is 5.14 Å². The summed E-state index contributed by atoms with van der Waals surface area (Å²) in [6.45, 7) is 2.89. The maximum absolute atomic E-state index is 15.8. The van der Waals surface area contributed by atoms with Gasteiger partial charge < -0.3 is 15.5 Å². The molecule has 0 radical (unpaired) electrons. The Labute approximate surface area is 208 Å². The second-order valence-corrected chi connectivity index (χ2v) is 11.1. The van der Waals surface area contributed by atoms with E-state index in [2.05, 4.69) is 19.9 Å². The molecule has 2 aromatic heterocycles. The monoisotopic (exact) mass is 545 g/mol. The van der Waals surface area contributed by atoms with E-state index >= 15 is 4.39 Å². The Morgan fingerprint density at radius 1 is 1.14 bits per heavy atom. The van der Waals surface area contributed by atoms with Crippen LogP contribution in [0.1, 0.15) is 17.2 Å². The first-order valence-corrected chi connectivity index (χ1v) is 13.2. The molecule has 4 N–H and O–H groups in total. The molecule has 4 rings (SSSR count). The predicted octanol–water partition coefficient (Wildman–Crippen LogP) is 3.02. The van der Waals surface area contributed by atoms with Gasteiger partial charge in [0.2, 0.25) is 16.0 Å². The zero-order valence-electron chi connectivity index (χ0n) is 19.0. The van der Waals surface area contributed by atoms with Crippen LogP contribution in [0.5, 0.6) is 0 Å². The number of nitrogens with two attached hydrogens (primary N) is 2. The van der Waals surface area contributed by atoms with Crippen molar-refractivity contribution in [3.8, 4) is 21.8 Å². The van der Waals surface area contributed by atoms with Crippen molar-refractivity contribution in [3.63, 3.8) is 0 Å². The second kappa shape index (κ2) is 9.88. The number of hydrogen-bond donors (Lipinski definition) is 2. The summed E-state index contributed by atoms with van der Waals surface area (Å²) < 4.78 is 79.3. The van der Waals surface area contributed by atoms with Crippen molar-refractivity contribution in [2.45, 2.75) is 17.8 Å². The Kier molecular flexibility index (Phi) is 7.19. The standard InChI is InChI=1S/C21H23F4N7O2S2/c1-31-7-9-32(10-8-31)20-30-17(18(35-20)14-5-6-28-19(26)29-14)13-4-2-3-12(16(13)22)15(36(27,33)34)11-21(23,24)25/h2-6,15H,7-11H2,1H3,(H2,26,28,29)(H2,27,33,34). The Morgan fingerprint density at radius 2 is 1.83 bits per heavy atom. The molecule has 36 heavy (non-hydrogen) atoms. The Hall–Kier alpha value is -2.88. The molecule has 1 aliphatic rings. The number of aromatic nitrogens is 3. The zero-order chi connectivity index (χ0) is 26.3. The maximum Gasteiger partial charge on any atom is 0.390 e. The SMILES string of the molecule is CN1CCN(c2nc(-c3cccc(C(CC(F)(F)F)S(N)(=O)=O)c3F)c(-c3ccnc(N)n3)s2)CC1. The van der Waals surface area contributed by atoms with Crippen LogP contribution in [0.4, 0.5) is 28.6 Å². The lowest BCUT2D eigenvalue weighted by Crippen LogP contribution is -2.44. The van der Waals surface area contributed by atoms with Crippen LogP contribution in [0.25, 0.3) is 21.8 Å². The van der Waals surface area contributed by atoms with E-state index in [9.17, 15) is 21.6 Å². The summed E-state index contributed by atoms with van der Waals surface area (Å²) in [5, 5.41) is 3.33. The summed E-state index contributed by atoms with van der Waals surface area (Å²) in [6, 6.07) is 5.13. The Morgan fingerprint density at radius 3 is 2.44 bits per heavy atom. The number of primary sulfonamides is 1. The van der Waals surface area contributed by atoms with Gasteiger partial charge in [0.1, 0.15) is 11.1 Å². The average molecular weight is 546 g/mol. The van der Waals surface area contributed by atoms with E-state index in [1.54, 1.807) is 6.07 Å². The number of anilines is 2. The fraction of sp³-hybridized carbons (Fsp3) is 0.381.